The number of thioether (sulfide) groups is 1. The van der Waals surface area contributed by atoms with Crippen LogP contribution in [-0.2, 0) is 0 Å². The highest BCUT2D eigenvalue weighted by atomic mass is 32.2. The first-order valence-corrected chi connectivity index (χ1v) is 6.00. The molecule has 16 heavy (non-hydrogen) atoms. The largest absolute Gasteiger partial charge is 0.477 e. The fourth-order valence-electron chi connectivity index (χ4n) is 1.54. The van der Waals surface area contributed by atoms with Gasteiger partial charge in [-0.05, 0) is 36.6 Å². The summed E-state index contributed by atoms with van der Waals surface area (Å²) >= 11 is 1.63. The Bertz CT molecular complexity index is 519. The fourth-order valence-corrected chi connectivity index (χ4v) is 1.99. The Morgan fingerprint density at radius 2 is 2.12 bits per heavy atom. The molecule has 0 fully saturated rings. The van der Waals surface area contributed by atoms with Gasteiger partial charge >= 0.3 is 5.97 Å². The summed E-state index contributed by atoms with van der Waals surface area (Å²) in [7, 11) is 0. The van der Waals surface area contributed by atoms with Crippen LogP contribution in [0.25, 0.3) is 5.69 Å². The Labute approximate surface area is 97.7 Å². The van der Waals surface area contributed by atoms with E-state index in [2.05, 4.69) is 0 Å². The third-order valence-electron chi connectivity index (χ3n) is 2.30. The van der Waals surface area contributed by atoms with Crippen molar-refractivity contribution in [1.82, 2.24) is 4.57 Å². The number of hydrogen-bond acceptors (Lipinski definition) is 2. The van der Waals surface area contributed by atoms with E-state index in [1.54, 1.807) is 34.7 Å². The summed E-state index contributed by atoms with van der Waals surface area (Å²) in [4.78, 5) is 12.1. The molecule has 1 heterocycles. The topological polar surface area (TPSA) is 42.2 Å². The van der Waals surface area contributed by atoms with Crippen LogP contribution >= 0.6 is 11.8 Å². The van der Waals surface area contributed by atoms with Gasteiger partial charge in [0.25, 0.3) is 0 Å². The molecule has 2 rings (SSSR count). The van der Waals surface area contributed by atoms with Crippen molar-refractivity contribution in [2.45, 2.75) is 4.90 Å². The van der Waals surface area contributed by atoms with Gasteiger partial charge in [0.1, 0.15) is 5.69 Å². The van der Waals surface area contributed by atoms with E-state index in [-0.39, 0.29) is 5.69 Å². The van der Waals surface area contributed by atoms with E-state index in [4.69, 9.17) is 5.11 Å². The highest BCUT2D eigenvalue weighted by Gasteiger charge is 2.09. The van der Waals surface area contributed by atoms with E-state index in [1.165, 1.54) is 0 Å². The van der Waals surface area contributed by atoms with Crippen LogP contribution in [0.1, 0.15) is 10.5 Å². The standard InChI is InChI=1S/C12H11NO2S/c1-16-10-5-2-4-9(8-10)13-7-3-6-11(13)12(14)15/h2-8H,1H3,(H,14,15). The smallest absolute Gasteiger partial charge is 0.352 e. The van der Waals surface area contributed by atoms with Gasteiger partial charge in [0.15, 0.2) is 0 Å². The molecule has 0 aliphatic rings. The lowest BCUT2D eigenvalue weighted by atomic mass is 10.3. The molecule has 1 aromatic heterocycles. The van der Waals surface area contributed by atoms with E-state index >= 15 is 0 Å². The van der Waals surface area contributed by atoms with Gasteiger partial charge in [-0.15, -0.1) is 11.8 Å². The number of aromatic carboxylic acids is 1. The molecule has 1 N–H and O–H groups in total. The van der Waals surface area contributed by atoms with E-state index in [0.29, 0.717) is 0 Å². The lowest BCUT2D eigenvalue weighted by molar-refractivity contribution is 0.0688. The Balaban J connectivity index is 2.50. The average Bonchev–Trinajstić information content (AvgIpc) is 2.78. The van der Waals surface area contributed by atoms with Gasteiger partial charge < -0.3 is 9.67 Å². The van der Waals surface area contributed by atoms with E-state index in [9.17, 15) is 4.79 Å². The minimum Gasteiger partial charge on any atom is -0.477 e. The molecule has 1 aromatic carbocycles. The highest BCUT2D eigenvalue weighted by Crippen LogP contribution is 2.20. The van der Waals surface area contributed by atoms with Crippen molar-refractivity contribution in [1.29, 1.82) is 0 Å². The molecular formula is C12H11NO2S. The summed E-state index contributed by atoms with van der Waals surface area (Å²) in [5, 5.41) is 9.02. The molecule has 0 bridgehead atoms. The fraction of sp³-hybridized carbons (Fsp3) is 0.0833. The van der Waals surface area contributed by atoms with Crippen LogP contribution in [0.2, 0.25) is 0 Å². The summed E-state index contributed by atoms with van der Waals surface area (Å²) in [6.45, 7) is 0. The Kier molecular flexibility index (Phi) is 3.01. The monoisotopic (exact) mass is 233 g/mol. The predicted molar refractivity (Wildman–Crippen MR) is 64.5 cm³/mol. The summed E-state index contributed by atoms with van der Waals surface area (Å²) < 4.78 is 1.67. The van der Waals surface area contributed by atoms with Gasteiger partial charge in [-0.2, -0.15) is 0 Å². The van der Waals surface area contributed by atoms with Crippen LogP contribution in [0.4, 0.5) is 0 Å². The molecule has 0 saturated carbocycles. The molecule has 0 unspecified atom stereocenters. The molecule has 0 aliphatic heterocycles. The normalized spacial score (nSPS) is 10.3. The number of carboxylic acid groups (broad SMARTS) is 1. The van der Waals surface area contributed by atoms with Crippen LogP contribution in [-0.4, -0.2) is 21.9 Å². The van der Waals surface area contributed by atoms with Crippen LogP contribution in [0.3, 0.4) is 0 Å². The van der Waals surface area contributed by atoms with Gasteiger partial charge in [-0.1, -0.05) is 6.07 Å². The van der Waals surface area contributed by atoms with Crippen LogP contribution in [0, 0.1) is 0 Å². The maximum Gasteiger partial charge on any atom is 0.352 e. The second kappa shape index (κ2) is 4.45. The Morgan fingerprint density at radius 1 is 1.31 bits per heavy atom. The first-order chi connectivity index (χ1) is 7.72. The minimum atomic E-state index is -0.917. The maximum absolute atomic E-state index is 11.0. The lowest BCUT2D eigenvalue weighted by Crippen LogP contribution is -2.05. The number of carboxylic acids is 1. The molecular weight excluding hydrogens is 222 g/mol. The number of aromatic nitrogens is 1. The number of hydrogen-bond donors (Lipinski definition) is 1. The molecule has 3 nitrogen and oxygen atoms in total. The van der Waals surface area contributed by atoms with Crippen molar-refractivity contribution in [2.24, 2.45) is 0 Å². The van der Waals surface area contributed by atoms with Gasteiger partial charge in [0.05, 0.1) is 0 Å². The van der Waals surface area contributed by atoms with Gasteiger partial charge in [0.2, 0.25) is 0 Å². The molecule has 0 atom stereocenters. The van der Waals surface area contributed by atoms with Gasteiger partial charge in [-0.25, -0.2) is 4.79 Å². The molecule has 0 spiro atoms. The quantitative estimate of drug-likeness (QED) is 0.829. The zero-order valence-electron chi connectivity index (χ0n) is 8.75. The zero-order valence-corrected chi connectivity index (χ0v) is 9.57. The highest BCUT2D eigenvalue weighted by molar-refractivity contribution is 7.98. The third kappa shape index (κ3) is 1.97. The van der Waals surface area contributed by atoms with Crippen molar-refractivity contribution in [2.75, 3.05) is 6.26 Å². The Morgan fingerprint density at radius 3 is 2.81 bits per heavy atom. The number of nitrogens with zero attached hydrogens (tertiary/aromatic N) is 1. The van der Waals surface area contributed by atoms with E-state index in [1.807, 2.05) is 30.5 Å². The van der Waals surface area contributed by atoms with Crippen molar-refractivity contribution in [3.63, 3.8) is 0 Å². The minimum absolute atomic E-state index is 0.276. The van der Waals surface area contributed by atoms with Crippen molar-refractivity contribution in [3.05, 3.63) is 48.3 Å². The van der Waals surface area contributed by atoms with E-state index in [0.717, 1.165) is 10.6 Å². The van der Waals surface area contributed by atoms with Gasteiger partial charge in [-0.3, -0.25) is 0 Å². The number of carbonyl (C=O) groups is 1. The first kappa shape index (κ1) is 10.8. The Hall–Kier alpha value is -1.68. The zero-order chi connectivity index (χ0) is 11.5. The molecule has 0 amide bonds. The lowest BCUT2D eigenvalue weighted by Gasteiger charge is -2.07. The molecule has 0 saturated heterocycles. The molecule has 0 aliphatic carbocycles. The van der Waals surface area contributed by atoms with E-state index < -0.39 is 5.97 Å². The summed E-state index contributed by atoms with van der Waals surface area (Å²) in [6.07, 6.45) is 3.75. The van der Waals surface area contributed by atoms with Crippen molar-refractivity contribution >= 4 is 17.7 Å². The molecule has 4 heteroatoms. The van der Waals surface area contributed by atoms with Crippen molar-refractivity contribution in [3.8, 4) is 5.69 Å². The summed E-state index contributed by atoms with van der Waals surface area (Å²) in [5.74, 6) is -0.917. The summed E-state index contributed by atoms with van der Waals surface area (Å²) in [5.41, 5.74) is 1.15. The second-order valence-electron chi connectivity index (χ2n) is 3.27. The maximum atomic E-state index is 11.0. The third-order valence-corrected chi connectivity index (χ3v) is 3.02. The van der Waals surface area contributed by atoms with Gasteiger partial charge in [0, 0.05) is 16.8 Å². The average molecular weight is 233 g/mol. The number of benzene rings is 1. The van der Waals surface area contributed by atoms with Crippen molar-refractivity contribution < 1.29 is 9.90 Å². The molecule has 82 valence electrons. The molecule has 0 radical (unpaired) electrons. The SMILES string of the molecule is CSc1cccc(-n2cccc2C(=O)O)c1. The van der Waals surface area contributed by atoms with Crippen LogP contribution in [0.5, 0.6) is 0 Å². The summed E-state index contributed by atoms with van der Waals surface area (Å²) in [6, 6.07) is 11.1. The molecule has 2 aromatic rings. The van der Waals surface area contributed by atoms with Crippen LogP contribution < -0.4 is 0 Å². The second-order valence-corrected chi connectivity index (χ2v) is 4.15. The predicted octanol–water partition coefficient (Wildman–Crippen LogP) is 2.90. The number of rotatable bonds is 3. The van der Waals surface area contributed by atoms with Crippen LogP contribution in [0.15, 0.2) is 47.5 Å². The first-order valence-electron chi connectivity index (χ1n) is 4.77.